The van der Waals surface area contributed by atoms with Gasteiger partial charge < -0.3 is 5.73 Å². The van der Waals surface area contributed by atoms with Crippen LogP contribution in [0.4, 0.5) is 10.1 Å². The van der Waals surface area contributed by atoms with E-state index < -0.39 is 15.8 Å². The van der Waals surface area contributed by atoms with E-state index in [0.717, 1.165) is 0 Å². The van der Waals surface area contributed by atoms with Crippen molar-refractivity contribution in [2.45, 2.75) is 11.8 Å². The summed E-state index contributed by atoms with van der Waals surface area (Å²) in [4.78, 5) is 3.58. The van der Waals surface area contributed by atoms with Gasteiger partial charge in [0.25, 0.3) is 10.0 Å². The molecule has 0 amide bonds. The molecule has 0 aliphatic carbocycles. The largest absolute Gasteiger partial charge is 0.388 e. The molecule has 21 heavy (non-hydrogen) atoms. The molecule has 2 rings (SSSR count). The van der Waals surface area contributed by atoms with E-state index >= 15 is 0 Å². The Morgan fingerprint density at radius 1 is 1.33 bits per heavy atom. The predicted molar refractivity (Wildman–Crippen MR) is 82.1 cm³/mol. The number of nitrogens with zero attached hydrogens (tertiary/aromatic N) is 1. The monoisotopic (exact) mass is 325 g/mol. The number of hydrogen-bond acceptors (Lipinski definition) is 4. The lowest BCUT2D eigenvalue weighted by Gasteiger charge is -2.12. The first kappa shape index (κ1) is 15.3. The lowest BCUT2D eigenvalue weighted by atomic mass is 10.2. The maximum absolute atomic E-state index is 13.5. The van der Waals surface area contributed by atoms with E-state index in [1.54, 1.807) is 0 Å². The van der Waals surface area contributed by atoms with Crippen LogP contribution in [0.3, 0.4) is 0 Å². The number of halogens is 1. The lowest BCUT2D eigenvalue weighted by molar-refractivity contribution is 0.600. The molecule has 0 unspecified atom stereocenters. The van der Waals surface area contributed by atoms with Gasteiger partial charge in [-0.3, -0.25) is 9.71 Å². The van der Waals surface area contributed by atoms with E-state index in [1.807, 2.05) is 0 Å². The molecule has 110 valence electrons. The van der Waals surface area contributed by atoms with Gasteiger partial charge in [0, 0.05) is 11.8 Å². The average molecular weight is 325 g/mol. The third-order valence-electron chi connectivity index (χ3n) is 2.81. The summed E-state index contributed by atoms with van der Waals surface area (Å²) in [5.41, 5.74) is 5.81. The quantitative estimate of drug-likeness (QED) is 0.840. The van der Waals surface area contributed by atoms with Gasteiger partial charge in [0.05, 0.1) is 5.69 Å². The van der Waals surface area contributed by atoms with Crippen LogP contribution >= 0.6 is 12.2 Å². The Balaban J connectivity index is 2.49. The summed E-state index contributed by atoms with van der Waals surface area (Å²) in [6, 6.07) is 6.91. The van der Waals surface area contributed by atoms with Crippen molar-refractivity contribution in [3.8, 4) is 0 Å². The average Bonchev–Trinajstić information content (AvgIpc) is 2.44. The van der Waals surface area contributed by atoms with E-state index in [-0.39, 0.29) is 26.8 Å². The topological polar surface area (TPSA) is 85.1 Å². The fraction of sp³-hybridized carbons (Fsp3) is 0.0769. The zero-order valence-corrected chi connectivity index (χ0v) is 12.6. The SMILES string of the molecule is Cc1c(F)cccc1NS(=O)(=O)c1cccnc1C(N)=S. The minimum Gasteiger partial charge on any atom is -0.388 e. The Kier molecular flexibility index (Phi) is 4.19. The first-order valence-electron chi connectivity index (χ1n) is 5.85. The number of benzene rings is 1. The Bertz CT molecular complexity index is 807. The van der Waals surface area contributed by atoms with Crippen LogP contribution in [0.15, 0.2) is 41.4 Å². The molecule has 3 N–H and O–H groups in total. The van der Waals surface area contributed by atoms with Gasteiger partial charge >= 0.3 is 0 Å². The van der Waals surface area contributed by atoms with Crippen LogP contribution in [-0.2, 0) is 10.0 Å². The van der Waals surface area contributed by atoms with Crippen LogP contribution < -0.4 is 10.5 Å². The van der Waals surface area contributed by atoms with Crippen LogP contribution in [-0.4, -0.2) is 18.4 Å². The molecule has 1 aromatic carbocycles. The third-order valence-corrected chi connectivity index (χ3v) is 4.40. The van der Waals surface area contributed by atoms with Gasteiger partial charge in [-0.1, -0.05) is 18.3 Å². The number of nitrogens with one attached hydrogen (secondary N) is 1. The molecule has 0 bridgehead atoms. The smallest absolute Gasteiger partial charge is 0.264 e. The molecule has 0 saturated heterocycles. The van der Waals surface area contributed by atoms with Crippen LogP contribution in [0, 0.1) is 12.7 Å². The molecule has 0 fully saturated rings. The summed E-state index contributed by atoms with van der Waals surface area (Å²) in [5, 5.41) is 0. The summed E-state index contributed by atoms with van der Waals surface area (Å²) in [6.45, 7) is 1.48. The van der Waals surface area contributed by atoms with Crippen LogP contribution in [0.2, 0.25) is 0 Å². The Hall–Kier alpha value is -2.06. The van der Waals surface area contributed by atoms with Gasteiger partial charge in [-0.15, -0.1) is 0 Å². The van der Waals surface area contributed by atoms with Crippen LogP contribution in [0.5, 0.6) is 0 Å². The molecule has 0 spiro atoms. The van der Waals surface area contributed by atoms with Crippen molar-refractivity contribution in [3.05, 3.63) is 53.6 Å². The fourth-order valence-electron chi connectivity index (χ4n) is 1.71. The van der Waals surface area contributed by atoms with Crippen molar-refractivity contribution in [2.75, 3.05) is 4.72 Å². The highest BCUT2D eigenvalue weighted by molar-refractivity contribution is 7.93. The first-order valence-corrected chi connectivity index (χ1v) is 7.75. The highest BCUT2D eigenvalue weighted by atomic mass is 32.2. The van der Waals surface area contributed by atoms with E-state index in [4.69, 9.17) is 18.0 Å². The van der Waals surface area contributed by atoms with E-state index in [2.05, 4.69) is 9.71 Å². The van der Waals surface area contributed by atoms with Crippen molar-refractivity contribution >= 4 is 32.9 Å². The number of sulfonamides is 1. The Labute approximate surface area is 127 Å². The second-order valence-electron chi connectivity index (χ2n) is 4.23. The molecule has 2 aromatic rings. The maximum Gasteiger partial charge on any atom is 0.264 e. The Morgan fingerprint density at radius 2 is 2.05 bits per heavy atom. The molecule has 0 aliphatic heterocycles. The summed E-state index contributed by atoms with van der Waals surface area (Å²) in [5.74, 6) is -0.504. The molecule has 0 atom stereocenters. The van der Waals surface area contributed by atoms with Gasteiger partial charge in [-0.25, -0.2) is 12.8 Å². The molecule has 5 nitrogen and oxygen atoms in total. The number of anilines is 1. The number of hydrogen-bond donors (Lipinski definition) is 2. The van der Waals surface area contributed by atoms with Gasteiger partial charge in [-0.05, 0) is 31.2 Å². The molecular weight excluding hydrogens is 313 g/mol. The third kappa shape index (κ3) is 3.17. The number of thiocarbonyl (C=S) groups is 1. The molecular formula is C13H12FN3O2S2. The second kappa shape index (κ2) is 5.74. The van der Waals surface area contributed by atoms with E-state index in [9.17, 15) is 12.8 Å². The molecule has 0 saturated carbocycles. The minimum atomic E-state index is -3.97. The summed E-state index contributed by atoms with van der Waals surface area (Å²) < 4.78 is 40.6. The van der Waals surface area contributed by atoms with E-state index in [0.29, 0.717) is 0 Å². The van der Waals surface area contributed by atoms with E-state index in [1.165, 1.54) is 43.5 Å². The van der Waals surface area contributed by atoms with Crippen molar-refractivity contribution in [1.82, 2.24) is 4.98 Å². The van der Waals surface area contributed by atoms with Crippen molar-refractivity contribution in [1.29, 1.82) is 0 Å². The highest BCUT2D eigenvalue weighted by Gasteiger charge is 2.21. The predicted octanol–water partition coefficient (Wildman–Crippen LogP) is 1.96. The van der Waals surface area contributed by atoms with Crippen molar-refractivity contribution in [3.63, 3.8) is 0 Å². The molecule has 0 aliphatic rings. The van der Waals surface area contributed by atoms with Crippen molar-refractivity contribution in [2.24, 2.45) is 5.73 Å². The number of rotatable bonds is 4. The Morgan fingerprint density at radius 3 is 2.71 bits per heavy atom. The zero-order chi connectivity index (χ0) is 15.6. The molecule has 0 radical (unpaired) electrons. The minimum absolute atomic E-state index is 0.00550. The highest BCUT2D eigenvalue weighted by Crippen LogP contribution is 2.22. The standard InChI is InChI=1S/C13H12FN3O2S2/c1-8-9(14)4-2-5-10(8)17-21(18,19)11-6-3-7-16-12(11)13(15)20/h2-7,17H,1H3,(H2,15,20). The van der Waals surface area contributed by atoms with Crippen LogP contribution in [0.1, 0.15) is 11.3 Å². The normalized spacial score (nSPS) is 11.1. The molecule has 1 aromatic heterocycles. The first-order chi connectivity index (χ1) is 9.83. The summed E-state index contributed by atoms with van der Waals surface area (Å²) in [7, 11) is -3.97. The summed E-state index contributed by atoms with van der Waals surface area (Å²) >= 11 is 4.79. The van der Waals surface area contributed by atoms with Gasteiger partial charge in [0.1, 0.15) is 21.4 Å². The fourth-order valence-corrected chi connectivity index (χ4v) is 3.23. The number of aromatic nitrogens is 1. The van der Waals surface area contributed by atoms with Crippen LogP contribution in [0.25, 0.3) is 0 Å². The molecule has 8 heteroatoms. The van der Waals surface area contributed by atoms with Gasteiger partial charge in [0.15, 0.2) is 0 Å². The van der Waals surface area contributed by atoms with Gasteiger partial charge in [0.2, 0.25) is 0 Å². The maximum atomic E-state index is 13.5. The van der Waals surface area contributed by atoms with Gasteiger partial charge in [-0.2, -0.15) is 0 Å². The zero-order valence-electron chi connectivity index (χ0n) is 11.0. The summed E-state index contributed by atoms with van der Waals surface area (Å²) in [6.07, 6.45) is 1.39. The molecule has 1 heterocycles. The second-order valence-corrected chi connectivity index (χ2v) is 6.32. The van der Waals surface area contributed by atoms with Crippen molar-refractivity contribution < 1.29 is 12.8 Å². The number of pyridine rings is 1. The lowest BCUT2D eigenvalue weighted by Crippen LogP contribution is -2.21. The number of nitrogens with two attached hydrogens (primary N) is 1.